The molecular formula is C23H24N6O2. The number of nitrogens with zero attached hydrogens (tertiary/aromatic N) is 4. The molecule has 1 aliphatic heterocycles. The smallest absolute Gasteiger partial charge is 0.258 e. The molecule has 0 bridgehead atoms. The molecule has 31 heavy (non-hydrogen) atoms. The van der Waals surface area contributed by atoms with Gasteiger partial charge >= 0.3 is 0 Å². The Hall–Kier alpha value is -3.81. The van der Waals surface area contributed by atoms with E-state index in [1.165, 1.54) is 6.20 Å². The molecule has 8 heteroatoms. The molecule has 0 radical (unpaired) electrons. The number of carbonyl (C=O) groups excluding carboxylic acids is 2. The normalized spacial score (nSPS) is 15.6. The van der Waals surface area contributed by atoms with E-state index in [9.17, 15) is 9.59 Å². The van der Waals surface area contributed by atoms with Crippen molar-refractivity contribution in [3.8, 4) is 0 Å². The summed E-state index contributed by atoms with van der Waals surface area (Å²) in [7, 11) is 0. The van der Waals surface area contributed by atoms with E-state index in [-0.39, 0.29) is 23.7 Å². The summed E-state index contributed by atoms with van der Waals surface area (Å²) >= 11 is 0. The first kappa shape index (κ1) is 20.5. The van der Waals surface area contributed by atoms with E-state index in [1.54, 1.807) is 30.2 Å². The highest BCUT2D eigenvalue weighted by Gasteiger charge is 2.35. The highest BCUT2D eigenvalue weighted by atomic mass is 16.2. The molecule has 1 aromatic carbocycles. The molecule has 0 unspecified atom stereocenters. The molecule has 0 spiro atoms. The Morgan fingerprint density at radius 1 is 1.13 bits per heavy atom. The van der Waals surface area contributed by atoms with Crippen LogP contribution in [0.4, 0.5) is 5.82 Å². The average Bonchev–Trinajstić information content (AvgIpc) is 3.28. The lowest BCUT2D eigenvalue weighted by molar-refractivity contribution is 0.0729. The average molecular weight is 416 g/mol. The molecule has 2 aromatic heterocycles. The van der Waals surface area contributed by atoms with Crippen LogP contribution in [0.5, 0.6) is 0 Å². The SMILES string of the molecule is Cc1ncc(C(=O)NCc2ccccc2)c([C@@H]2CCCN2C(=O)c2cccnc2N)n1. The van der Waals surface area contributed by atoms with Crippen LogP contribution in [0.25, 0.3) is 0 Å². The van der Waals surface area contributed by atoms with E-state index in [1.807, 2.05) is 30.3 Å². The monoisotopic (exact) mass is 416 g/mol. The number of benzene rings is 1. The third kappa shape index (κ3) is 4.37. The number of pyridine rings is 1. The van der Waals surface area contributed by atoms with E-state index in [4.69, 9.17) is 5.73 Å². The van der Waals surface area contributed by atoms with E-state index < -0.39 is 0 Å². The maximum atomic E-state index is 13.2. The van der Waals surface area contributed by atoms with Gasteiger partial charge in [0, 0.05) is 25.5 Å². The molecule has 0 saturated carbocycles. The van der Waals surface area contributed by atoms with Gasteiger partial charge in [0.2, 0.25) is 0 Å². The Bertz CT molecular complexity index is 1100. The first-order chi connectivity index (χ1) is 15.0. The van der Waals surface area contributed by atoms with Crippen LogP contribution in [-0.2, 0) is 6.54 Å². The van der Waals surface area contributed by atoms with Crippen LogP contribution in [0.3, 0.4) is 0 Å². The van der Waals surface area contributed by atoms with Crippen LogP contribution in [0.2, 0.25) is 0 Å². The van der Waals surface area contributed by atoms with Crippen LogP contribution in [-0.4, -0.2) is 38.2 Å². The molecular weight excluding hydrogens is 392 g/mol. The summed E-state index contributed by atoms with van der Waals surface area (Å²) < 4.78 is 0. The first-order valence-electron chi connectivity index (χ1n) is 10.2. The highest BCUT2D eigenvalue weighted by Crippen LogP contribution is 2.34. The number of nitrogens with two attached hydrogens (primary N) is 1. The quantitative estimate of drug-likeness (QED) is 0.661. The predicted molar refractivity (Wildman–Crippen MR) is 116 cm³/mol. The minimum Gasteiger partial charge on any atom is -0.383 e. The fraction of sp³-hybridized carbons (Fsp3) is 0.261. The number of likely N-dealkylation sites (tertiary alicyclic amines) is 1. The largest absolute Gasteiger partial charge is 0.383 e. The van der Waals surface area contributed by atoms with Crippen molar-refractivity contribution in [2.45, 2.75) is 32.4 Å². The van der Waals surface area contributed by atoms with Crippen molar-refractivity contribution in [2.75, 3.05) is 12.3 Å². The minimum absolute atomic E-state index is 0.192. The van der Waals surface area contributed by atoms with Gasteiger partial charge in [-0.2, -0.15) is 0 Å². The van der Waals surface area contributed by atoms with Crippen LogP contribution < -0.4 is 11.1 Å². The van der Waals surface area contributed by atoms with E-state index in [2.05, 4.69) is 20.3 Å². The number of aromatic nitrogens is 3. The molecule has 1 atom stereocenters. The second-order valence-electron chi connectivity index (χ2n) is 7.48. The van der Waals surface area contributed by atoms with E-state index in [0.29, 0.717) is 42.2 Å². The molecule has 1 aliphatic rings. The molecule has 3 N–H and O–H groups in total. The lowest BCUT2D eigenvalue weighted by atomic mass is 10.0. The van der Waals surface area contributed by atoms with Crippen LogP contribution in [0.1, 0.15) is 56.7 Å². The van der Waals surface area contributed by atoms with Gasteiger partial charge in [0.15, 0.2) is 0 Å². The van der Waals surface area contributed by atoms with Gasteiger partial charge in [-0.05, 0) is 37.5 Å². The third-order valence-corrected chi connectivity index (χ3v) is 5.38. The second kappa shape index (κ2) is 8.91. The van der Waals surface area contributed by atoms with Gasteiger partial charge in [-0.3, -0.25) is 9.59 Å². The number of hydrogen-bond acceptors (Lipinski definition) is 6. The number of nitrogen functional groups attached to an aromatic ring is 1. The summed E-state index contributed by atoms with van der Waals surface area (Å²) in [6, 6.07) is 12.7. The number of aryl methyl sites for hydroxylation is 1. The molecule has 3 aromatic rings. The maximum Gasteiger partial charge on any atom is 0.258 e. The van der Waals surface area contributed by atoms with Crippen molar-refractivity contribution in [1.82, 2.24) is 25.2 Å². The Morgan fingerprint density at radius 2 is 1.94 bits per heavy atom. The van der Waals surface area contributed by atoms with Crippen molar-refractivity contribution in [1.29, 1.82) is 0 Å². The van der Waals surface area contributed by atoms with Gasteiger partial charge in [-0.1, -0.05) is 30.3 Å². The number of amides is 2. The molecule has 1 fully saturated rings. The lowest BCUT2D eigenvalue weighted by Crippen LogP contribution is -2.34. The Labute approximate surface area is 180 Å². The fourth-order valence-electron chi connectivity index (χ4n) is 3.84. The molecule has 1 saturated heterocycles. The highest BCUT2D eigenvalue weighted by molar-refractivity contribution is 5.99. The lowest BCUT2D eigenvalue weighted by Gasteiger charge is -2.26. The number of hydrogen-bond donors (Lipinski definition) is 2. The van der Waals surface area contributed by atoms with Gasteiger partial charge in [0.25, 0.3) is 11.8 Å². The summed E-state index contributed by atoms with van der Waals surface area (Å²) in [5.74, 6) is 0.270. The number of anilines is 1. The molecule has 4 rings (SSSR count). The maximum absolute atomic E-state index is 13.2. The van der Waals surface area contributed by atoms with Crippen molar-refractivity contribution < 1.29 is 9.59 Å². The van der Waals surface area contributed by atoms with E-state index in [0.717, 1.165) is 12.0 Å². The zero-order valence-corrected chi connectivity index (χ0v) is 17.3. The topological polar surface area (TPSA) is 114 Å². The summed E-state index contributed by atoms with van der Waals surface area (Å²) in [6.07, 6.45) is 4.61. The van der Waals surface area contributed by atoms with Gasteiger partial charge in [-0.25, -0.2) is 15.0 Å². The standard InChI is InChI=1S/C23H24N6O2/c1-15-26-14-18(22(30)27-13-16-7-3-2-4-8-16)20(28-15)19-10-6-12-29(19)23(31)17-9-5-11-25-21(17)24/h2-5,7-9,11,14,19H,6,10,12-13H2,1H3,(H2,24,25)(H,27,30)/t19-/m0/s1. The zero-order valence-electron chi connectivity index (χ0n) is 17.3. The molecule has 8 nitrogen and oxygen atoms in total. The second-order valence-corrected chi connectivity index (χ2v) is 7.48. The fourth-order valence-corrected chi connectivity index (χ4v) is 3.84. The minimum atomic E-state index is -0.328. The molecule has 158 valence electrons. The van der Waals surface area contributed by atoms with Crippen LogP contribution in [0, 0.1) is 6.92 Å². The zero-order chi connectivity index (χ0) is 21.8. The van der Waals surface area contributed by atoms with Crippen molar-refractivity contribution in [2.24, 2.45) is 0 Å². The number of rotatable bonds is 5. The van der Waals surface area contributed by atoms with Gasteiger partial charge < -0.3 is 16.0 Å². The van der Waals surface area contributed by atoms with Crippen molar-refractivity contribution in [3.63, 3.8) is 0 Å². The van der Waals surface area contributed by atoms with Crippen molar-refractivity contribution in [3.05, 3.63) is 83.1 Å². The Balaban J connectivity index is 1.61. The van der Waals surface area contributed by atoms with E-state index >= 15 is 0 Å². The molecule has 2 amide bonds. The van der Waals surface area contributed by atoms with Crippen LogP contribution >= 0.6 is 0 Å². The summed E-state index contributed by atoms with van der Waals surface area (Å²) in [4.78, 5) is 40.7. The molecule has 0 aliphatic carbocycles. The number of nitrogens with one attached hydrogen (secondary N) is 1. The summed E-state index contributed by atoms with van der Waals surface area (Å²) in [5, 5.41) is 2.93. The van der Waals surface area contributed by atoms with Crippen molar-refractivity contribution >= 4 is 17.6 Å². The summed E-state index contributed by atoms with van der Waals surface area (Å²) in [5.41, 5.74) is 8.22. The Morgan fingerprint density at radius 3 is 2.71 bits per heavy atom. The van der Waals surface area contributed by atoms with Crippen LogP contribution in [0.15, 0.2) is 54.9 Å². The third-order valence-electron chi connectivity index (χ3n) is 5.38. The summed E-state index contributed by atoms with van der Waals surface area (Å²) in [6.45, 7) is 2.73. The Kier molecular flexibility index (Phi) is 5.88. The van der Waals surface area contributed by atoms with Gasteiger partial charge in [0.05, 0.1) is 22.9 Å². The predicted octanol–water partition coefficient (Wildman–Crippen LogP) is 2.67. The van der Waals surface area contributed by atoms with Gasteiger partial charge in [-0.15, -0.1) is 0 Å². The van der Waals surface area contributed by atoms with Gasteiger partial charge in [0.1, 0.15) is 11.6 Å². The number of carbonyl (C=O) groups is 2. The first-order valence-corrected chi connectivity index (χ1v) is 10.2. The molecule has 3 heterocycles.